The number of fused-ring (bicyclic) bond motifs is 1. The Morgan fingerprint density at radius 1 is 1.14 bits per heavy atom. The van der Waals surface area contributed by atoms with Crippen molar-refractivity contribution >= 4 is 10.8 Å². The minimum Gasteiger partial charge on any atom is -0.323 e. The number of nitrogens with two attached hydrogens (primary N) is 1. The summed E-state index contributed by atoms with van der Waals surface area (Å²) >= 11 is 0. The monoisotopic (exact) mass is 280 g/mol. The van der Waals surface area contributed by atoms with E-state index in [-0.39, 0.29) is 11.3 Å². The molecule has 0 aliphatic rings. The second-order valence-electron chi connectivity index (χ2n) is 5.09. The Hall–Kier alpha value is -2.53. The lowest BCUT2D eigenvalue weighted by Gasteiger charge is -2.07. The number of hydrogen-bond donors (Lipinski definition) is 2. The number of aromatic nitrogens is 3. The van der Waals surface area contributed by atoms with Gasteiger partial charge in [-0.05, 0) is 23.3 Å². The van der Waals surface area contributed by atoms with E-state index >= 15 is 0 Å². The van der Waals surface area contributed by atoms with Crippen LogP contribution < -0.4 is 11.3 Å². The highest BCUT2D eigenvalue weighted by molar-refractivity contribution is 5.85. The van der Waals surface area contributed by atoms with E-state index in [1.165, 1.54) is 0 Å². The lowest BCUT2D eigenvalue weighted by atomic mass is 10.0. The van der Waals surface area contributed by atoms with Gasteiger partial charge in [0, 0.05) is 6.42 Å². The van der Waals surface area contributed by atoms with Gasteiger partial charge in [-0.1, -0.05) is 42.5 Å². The molecule has 3 aromatic rings. The molecule has 5 nitrogen and oxygen atoms in total. The van der Waals surface area contributed by atoms with Crippen molar-refractivity contribution in [2.24, 2.45) is 5.73 Å². The molecule has 0 amide bonds. The zero-order chi connectivity index (χ0) is 14.8. The molecule has 1 heterocycles. The van der Waals surface area contributed by atoms with Crippen molar-refractivity contribution < 1.29 is 0 Å². The Morgan fingerprint density at radius 2 is 1.90 bits per heavy atom. The van der Waals surface area contributed by atoms with Crippen LogP contribution in [-0.4, -0.2) is 15.2 Å². The van der Waals surface area contributed by atoms with Gasteiger partial charge in [-0.2, -0.15) is 0 Å². The van der Waals surface area contributed by atoms with Crippen LogP contribution >= 0.6 is 0 Å². The van der Waals surface area contributed by atoms with Gasteiger partial charge in [-0.3, -0.25) is 4.79 Å². The third-order valence-corrected chi connectivity index (χ3v) is 3.44. The number of H-pyrrole nitrogens is 1. The first kappa shape index (κ1) is 13.5. The van der Waals surface area contributed by atoms with Gasteiger partial charge in [0.05, 0.1) is 6.04 Å². The van der Waals surface area contributed by atoms with Crippen molar-refractivity contribution in [3.8, 4) is 0 Å². The summed E-state index contributed by atoms with van der Waals surface area (Å²) < 4.78 is 0. The molecule has 0 saturated carbocycles. The molecule has 2 aromatic carbocycles. The van der Waals surface area contributed by atoms with E-state index in [9.17, 15) is 4.79 Å². The average molecular weight is 280 g/mol. The van der Waals surface area contributed by atoms with Gasteiger partial charge in [0.1, 0.15) is 11.5 Å². The number of hydrogen-bond acceptors (Lipinski definition) is 4. The maximum Gasteiger partial charge on any atom is 0.274 e. The lowest BCUT2D eigenvalue weighted by molar-refractivity contribution is 0.703. The molecule has 0 fully saturated rings. The highest BCUT2D eigenvalue weighted by Crippen LogP contribution is 2.19. The Labute approximate surface area is 121 Å². The molecule has 0 saturated heterocycles. The molecule has 1 atom stereocenters. The summed E-state index contributed by atoms with van der Waals surface area (Å²) in [5.41, 5.74) is 6.76. The smallest absolute Gasteiger partial charge is 0.274 e. The topological polar surface area (TPSA) is 84.7 Å². The summed E-state index contributed by atoms with van der Waals surface area (Å²) in [7, 11) is 0. The van der Waals surface area contributed by atoms with Gasteiger partial charge < -0.3 is 10.7 Å². The Bertz CT molecular complexity index is 834. The van der Waals surface area contributed by atoms with Gasteiger partial charge in [0.25, 0.3) is 5.56 Å². The fourth-order valence-electron chi connectivity index (χ4n) is 2.38. The SMILES string of the molecule is CC(N)c1nnc(Cc2cccc3ccccc23)[nH]c1=O. The maximum atomic E-state index is 11.9. The van der Waals surface area contributed by atoms with Crippen molar-refractivity contribution in [3.63, 3.8) is 0 Å². The summed E-state index contributed by atoms with van der Waals surface area (Å²) in [6.45, 7) is 1.71. The van der Waals surface area contributed by atoms with Crippen LogP contribution in [0.3, 0.4) is 0 Å². The van der Waals surface area contributed by atoms with E-state index in [0.717, 1.165) is 16.3 Å². The third-order valence-electron chi connectivity index (χ3n) is 3.44. The Balaban J connectivity index is 1.99. The summed E-state index contributed by atoms with van der Waals surface area (Å²) in [5.74, 6) is 0.542. The van der Waals surface area contributed by atoms with E-state index in [1.807, 2.05) is 24.3 Å². The molecule has 0 aliphatic carbocycles. The fraction of sp³-hybridized carbons (Fsp3) is 0.188. The number of nitrogens with zero attached hydrogens (tertiary/aromatic N) is 2. The molecule has 21 heavy (non-hydrogen) atoms. The van der Waals surface area contributed by atoms with Crippen LogP contribution in [-0.2, 0) is 6.42 Å². The molecule has 0 aliphatic heterocycles. The van der Waals surface area contributed by atoms with Crippen LogP contribution in [0.1, 0.15) is 30.0 Å². The zero-order valence-corrected chi connectivity index (χ0v) is 11.7. The number of nitrogens with one attached hydrogen (secondary N) is 1. The highest BCUT2D eigenvalue weighted by atomic mass is 16.1. The standard InChI is InChI=1S/C16H16N4O/c1-10(17)15-16(21)18-14(19-20-15)9-12-7-4-6-11-5-2-3-8-13(11)12/h2-8,10H,9,17H2,1H3,(H,18,19,21). The quantitative estimate of drug-likeness (QED) is 0.767. The van der Waals surface area contributed by atoms with Crippen LogP contribution in [0.5, 0.6) is 0 Å². The second-order valence-corrected chi connectivity index (χ2v) is 5.09. The van der Waals surface area contributed by atoms with E-state index in [0.29, 0.717) is 12.2 Å². The Morgan fingerprint density at radius 3 is 2.67 bits per heavy atom. The number of benzene rings is 2. The first-order valence-electron chi connectivity index (χ1n) is 6.83. The summed E-state index contributed by atoms with van der Waals surface area (Å²) in [5, 5.41) is 10.3. The molecular weight excluding hydrogens is 264 g/mol. The van der Waals surface area contributed by atoms with Crippen molar-refractivity contribution in [3.05, 3.63) is 69.9 Å². The normalized spacial score (nSPS) is 12.5. The first-order chi connectivity index (χ1) is 10.1. The number of aromatic amines is 1. The molecule has 1 unspecified atom stereocenters. The minimum absolute atomic E-state index is 0.261. The van der Waals surface area contributed by atoms with Crippen molar-refractivity contribution in [1.29, 1.82) is 0 Å². The fourth-order valence-corrected chi connectivity index (χ4v) is 2.38. The van der Waals surface area contributed by atoms with E-state index < -0.39 is 6.04 Å². The Kier molecular flexibility index (Phi) is 3.50. The van der Waals surface area contributed by atoms with Crippen molar-refractivity contribution in [1.82, 2.24) is 15.2 Å². The number of rotatable bonds is 3. The van der Waals surface area contributed by atoms with Crippen LogP contribution in [0.25, 0.3) is 10.8 Å². The van der Waals surface area contributed by atoms with Gasteiger partial charge >= 0.3 is 0 Å². The molecular formula is C16H16N4O. The first-order valence-corrected chi connectivity index (χ1v) is 6.83. The average Bonchev–Trinajstić information content (AvgIpc) is 2.47. The molecule has 106 valence electrons. The minimum atomic E-state index is -0.423. The van der Waals surface area contributed by atoms with Crippen LogP contribution in [0.15, 0.2) is 47.3 Å². The van der Waals surface area contributed by atoms with Gasteiger partial charge in [0.2, 0.25) is 0 Å². The predicted octanol–water partition coefficient (Wildman–Crippen LogP) is 1.93. The van der Waals surface area contributed by atoms with E-state index in [1.54, 1.807) is 6.92 Å². The molecule has 0 spiro atoms. The van der Waals surface area contributed by atoms with Crippen molar-refractivity contribution in [2.45, 2.75) is 19.4 Å². The second kappa shape index (κ2) is 5.46. The molecule has 3 N–H and O–H groups in total. The van der Waals surface area contributed by atoms with Crippen LogP contribution in [0, 0.1) is 0 Å². The lowest BCUT2D eigenvalue weighted by Crippen LogP contribution is -2.24. The third kappa shape index (κ3) is 2.68. The largest absolute Gasteiger partial charge is 0.323 e. The molecule has 0 radical (unpaired) electrons. The zero-order valence-electron chi connectivity index (χ0n) is 11.7. The molecule has 5 heteroatoms. The molecule has 3 rings (SSSR count). The molecule has 0 bridgehead atoms. The highest BCUT2D eigenvalue weighted by Gasteiger charge is 2.10. The van der Waals surface area contributed by atoms with Crippen molar-refractivity contribution in [2.75, 3.05) is 0 Å². The van der Waals surface area contributed by atoms with Gasteiger partial charge in [0.15, 0.2) is 0 Å². The van der Waals surface area contributed by atoms with Gasteiger partial charge in [-0.15, -0.1) is 10.2 Å². The summed E-state index contributed by atoms with van der Waals surface area (Å²) in [6.07, 6.45) is 0.531. The maximum absolute atomic E-state index is 11.9. The summed E-state index contributed by atoms with van der Waals surface area (Å²) in [6, 6.07) is 13.8. The van der Waals surface area contributed by atoms with E-state index in [2.05, 4.69) is 33.4 Å². The van der Waals surface area contributed by atoms with Crippen LogP contribution in [0.4, 0.5) is 0 Å². The van der Waals surface area contributed by atoms with Gasteiger partial charge in [-0.25, -0.2) is 0 Å². The summed E-state index contributed by atoms with van der Waals surface area (Å²) in [4.78, 5) is 14.7. The molecule has 1 aromatic heterocycles. The predicted molar refractivity (Wildman–Crippen MR) is 82.0 cm³/mol. The van der Waals surface area contributed by atoms with Crippen LogP contribution in [0.2, 0.25) is 0 Å². The van der Waals surface area contributed by atoms with E-state index in [4.69, 9.17) is 5.73 Å².